The Hall–Kier alpha value is -0.560. The second kappa shape index (κ2) is 6.12. The van der Waals surface area contributed by atoms with Gasteiger partial charge in [-0.15, -0.1) is 6.42 Å². The normalized spacial score (nSPS) is 21.9. The van der Waals surface area contributed by atoms with E-state index in [0.717, 1.165) is 32.6 Å². The zero-order valence-electron chi connectivity index (χ0n) is 9.71. The van der Waals surface area contributed by atoms with Crippen molar-refractivity contribution in [3.05, 3.63) is 0 Å². The van der Waals surface area contributed by atoms with E-state index in [1.807, 2.05) is 6.92 Å². The molecule has 0 aromatic heterocycles. The maximum absolute atomic E-state index is 5.89. The lowest BCUT2D eigenvalue weighted by molar-refractivity contribution is -0.116. The van der Waals surface area contributed by atoms with Gasteiger partial charge in [0, 0.05) is 32.7 Å². The van der Waals surface area contributed by atoms with Crippen LogP contribution >= 0.6 is 0 Å². The number of terminal acetylenes is 1. The van der Waals surface area contributed by atoms with Gasteiger partial charge in [0.25, 0.3) is 0 Å². The summed E-state index contributed by atoms with van der Waals surface area (Å²) in [5.41, 5.74) is -0.224. The molecule has 0 aromatic rings. The zero-order valence-corrected chi connectivity index (χ0v) is 9.71. The van der Waals surface area contributed by atoms with Gasteiger partial charge in [0.05, 0.1) is 11.6 Å². The first-order chi connectivity index (χ1) is 7.29. The van der Waals surface area contributed by atoms with Gasteiger partial charge in [-0.3, -0.25) is 0 Å². The maximum Gasteiger partial charge on any atom is 0.0990 e. The molecule has 3 heteroatoms. The van der Waals surface area contributed by atoms with Crippen molar-refractivity contribution in [3.8, 4) is 12.3 Å². The van der Waals surface area contributed by atoms with Gasteiger partial charge in [-0.2, -0.15) is 0 Å². The lowest BCUT2D eigenvalue weighted by Gasteiger charge is -2.41. The van der Waals surface area contributed by atoms with E-state index in [0.29, 0.717) is 6.61 Å². The topological polar surface area (TPSA) is 30.5 Å². The molecule has 1 rings (SSSR count). The average Bonchev–Trinajstić information content (AvgIpc) is 2.27. The van der Waals surface area contributed by atoms with E-state index in [2.05, 4.69) is 18.2 Å². The van der Waals surface area contributed by atoms with Gasteiger partial charge >= 0.3 is 0 Å². The van der Waals surface area contributed by atoms with E-state index in [1.165, 1.54) is 0 Å². The number of hydrogen-bond acceptors (Lipinski definition) is 3. The van der Waals surface area contributed by atoms with Crippen LogP contribution in [0.15, 0.2) is 0 Å². The molecule has 3 nitrogen and oxygen atoms in total. The van der Waals surface area contributed by atoms with E-state index in [1.54, 1.807) is 0 Å². The molecule has 1 aliphatic rings. The zero-order chi connectivity index (χ0) is 11.1. The number of rotatable bonds is 5. The van der Waals surface area contributed by atoms with Crippen LogP contribution in [0, 0.1) is 12.3 Å². The molecule has 0 spiro atoms. The summed E-state index contributed by atoms with van der Waals surface area (Å²) in [4.78, 5) is 0. The number of ether oxygens (including phenoxy) is 2. The van der Waals surface area contributed by atoms with Crippen molar-refractivity contribution in [1.82, 2.24) is 5.32 Å². The van der Waals surface area contributed by atoms with Gasteiger partial charge in [0.15, 0.2) is 0 Å². The van der Waals surface area contributed by atoms with Crippen LogP contribution in [0.4, 0.5) is 0 Å². The minimum atomic E-state index is -0.224. The van der Waals surface area contributed by atoms with Crippen LogP contribution in [0.1, 0.15) is 26.7 Å². The molecule has 1 unspecified atom stereocenters. The summed E-state index contributed by atoms with van der Waals surface area (Å²) in [7, 11) is 0. The Morgan fingerprint density at radius 1 is 1.47 bits per heavy atom. The first-order valence-electron chi connectivity index (χ1n) is 5.70. The summed E-state index contributed by atoms with van der Waals surface area (Å²) < 4.78 is 11.3. The fraction of sp³-hybridized carbons (Fsp3) is 0.833. The Kier molecular flexibility index (Phi) is 5.10. The molecule has 0 amide bonds. The molecule has 0 radical (unpaired) electrons. The van der Waals surface area contributed by atoms with Crippen LogP contribution in [0.3, 0.4) is 0 Å². The number of likely N-dealkylation sites (N-methyl/N-ethyl adjacent to an activating group) is 1. The third-order valence-electron chi connectivity index (χ3n) is 2.87. The van der Waals surface area contributed by atoms with Crippen molar-refractivity contribution in [2.75, 3.05) is 26.4 Å². The van der Waals surface area contributed by atoms with Crippen molar-refractivity contribution < 1.29 is 9.47 Å². The predicted molar refractivity (Wildman–Crippen MR) is 60.7 cm³/mol. The number of nitrogens with one attached hydrogen (secondary N) is 1. The third-order valence-corrected chi connectivity index (χ3v) is 2.87. The first kappa shape index (κ1) is 12.5. The average molecular weight is 211 g/mol. The Morgan fingerprint density at radius 2 is 2.13 bits per heavy atom. The molecule has 0 aliphatic carbocycles. The molecule has 0 aromatic carbocycles. The Morgan fingerprint density at radius 3 is 2.60 bits per heavy atom. The quantitative estimate of drug-likeness (QED) is 0.693. The highest BCUT2D eigenvalue weighted by Gasteiger charge is 2.40. The third kappa shape index (κ3) is 2.94. The molecule has 1 saturated heterocycles. The van der Waals surface area contributed by atoms with Crippen LogP contribution in [-0.4, -0.2) is 38.0 Å². The molecule has 1 aliphatic heterocycles. The monoisotopic (exact) mass is 211 g/mol. The van der Waals surface area contributed by atoms with Gasteiger partial charge < -0.3 is 14.8 Å². The molecule has 1 heterocycles. The summed E-state index contributed by atoms with van der Waals surface area (Å²) in [6.07, 6.45) is 7.33. The van der Waals surface area contributed by atoms with Crippen molar-refractivity contribution in [1.29, 1.82) is 0 Å². The van der Waals surface area contributed by atoms with Crippen molar-refractivity contribution in [2.45, 2.75) is 38.3 Å². The summed E-state index contributed by atoms with van der Waals surface area (Å²) in [6, 6.07) is -0.00801. The van der Waals surface area contributed by atoms with Gasteiger partial charge in [-0.05, 0) is 13.5 Å². The maximum atomic E-state index is 5.89. The predicted octanol–water partition coefficient (Wildman–Crippen LogP) is 1.18. The second-order valence-electron chi connectivity index (χ2n) is 3.77. The highest BCUT2D eigenvalue weighted by Crippen LogP contribution is 2.28. The minimum absolute atomic E-state index is 0.00801. The smallest absolute Gasteiger partial charge is 0.0990 e. The lowest BCUT2D eigenvalue weighted by atomic mass is 9.86. The molecule has 1 atom stereocenters. The van der Waals surface area contributed by atoms with E-state index in [4.69, 9.17) is 15.9 Å². The lowest BCUT2D eigenvalue weighted by Crippen LogP contribution is -2.54. The van der Waals surface area contributed by atoms with E-state index in [-0.39, 0.29) is 11.6 Å². The van der Waals surface area contributed by atoms with Crippen molar-refractivity contribution in [2.24, 2.45) is 0 Å². The van der Waals surface area contributed by atoms with Crippen LogP contribution in [-0.2, 0) is 9.47 Å². The molecule has 15 heavy (non-hydrogen) atoms. The summed E-state index contributed by atoms with van der Waals surface area (Å²) in [6.45, 7) is 7.11. The number of hydrogen-bond donors (Lipinski definition) is 1. The van der Waals surface area contributed by atoms with E-state index in [9.17, 15) is 0 Å². The molecular formula is C12H21NO2. The van der Waals surface area contributed by atoms with Crippen LogP contribution in [0.2, 0.25) is 0 Å². The standard InChI is InChI=1S/C12H21NO2/c1-4-11(13-5-2)12(15-6-3)7-9-14-10-8-12/h1,11,13H,5-10H2,2-3H3. The van der Waals surface area contributed by atoms with Gasteiger partial charge in [0.1, 0.15) is 0 Å². The van der Waals surface area contributed by atoms with Gasteiger partial charge in [0.2, 0.25) is 0 Å². The minimum Gasteiger partial charge on any atom is -0.381 e. The molecule has 86 valence electrons. The van der Waals surface area contributed by atoms with E-state index >= 15 is 0 Å². The van der Waals surface area contributed by atoms with Crippen molar-refractivity contribution in [3.63, 3.8) is 0 Å². The van der Waals surface area contributed by atoms with Crippen molar-refractivity contribution >= 4 is 0 Å². The van der Waals surface area contributed by atoms with Gasteiger partial charge in [-0.25, -0.2) is 0 Å². The van der Waals surface area contributed by atoms with Crippen LogP contribution < -0.4 is 5.32 Å². The molecular weight excluding hydrogens is 190 g/mol. The first-order valence-corrected chi connectivity index (χ1v) is 5.70. The Bertz CT molecular complexity index is 211. The summed E-state index contributed by atoms with van der Waals surface area (Å²) >= 11 is 0. The highest BCUT2D eigenvalue weighted by molar-refractivity contribution is 5.11. The fourth-order valence-electron chi connectivity index (χ4n) is 2.12. The molecule has 1 fully saturated rings. The van der Waals surface area contributed by atoms with Crippen LogP contribution in [0.25, 0.3) is 0 Å². The second-order valence-corrected chi connectivity index (χ2v) is 3.77. The molecule has 0 saturated carbocycles. The highest BCUT2D eigenvalue weighted by atomic mass is 16.5. The Balaban J connectivity index is 2.72. The van der Waals surface area contributed by atoms with Gasteiger partial charge in [-0.1, -0.05) is 12.8 Å². The Labute approximate surface area is 92.5 Å². The summed E-state index contributed by atoms with van der Waals surface area (Å²) in [5.74, 6) is 2.81. The van der Waals surface area contributed by atoms with E-state index < -0.39 is 0 Å². The largest absolute Gasteiger partial charge is 0.381 e. The fourth-order valence-corrected chi connectivity index (χ4v) is 2.12. The molecule has 0 bridgehead atoms. The molecule has 1 N–H and O–H groups in total. The van der Waals surface area contributed by atoms with Crippen LogP contribution in [0.5, 0.6) is 0 Å². The summed E-state index contributed by atoms with van der Waals surface area (Å²) in [5, 5.41) is 3.31. The SMILES string of the molecule is C#CC(NCC)C1(OCC)CCOCC1.